The first-order chi connectivity index (χ1) is 11.6. The average Bonchev–Trinajstić information content (AvgIpc) is 2.90. The number of nitrogens with zero attached hydrogens (tertiary/aromatic N) is 3. The molecule has 4 rings (SSSR count). The molecule has 0 saturated carbocycles. The number of rotatable bonds is 2. The van der Waals surface area contributed by atoms with Gasteiger partial charge in [0.1, 0.15) is 11.9 Å². The molecule has 0 radical (unpaired) electrons. The van der Waals surface area contributed by atoms with Crippen LogP contribution >= 0.6 is 0 Å². The van der Waals surface area contributed by atoms with Gasteiger partial charge in [-0.2, -0.15) is 4.68 Å². The van der Waals surface area contributed by atoms with E-state index in [2.05, 4.69) is 4.98 Å². The van der Waals surface area contributed by atoms with Crippen molar-refractivity contribution in [2.75, 3.05) is 5.01 Å². The van der Waals surface area contributed by atoms with Crippen molar-refractivity contribution in [3.05, 3.63) is 52.6 Å². The Balaban J connectivity index is 1.97. The lowest BCUT2D eigenvalue weighted by Gasteiger charge is -2.28. The van der Waals surface area contributed by atoms with Crippen LogP contribution in [0.3, 0.4) is 0 Å². The molecule has 1 aliphatic carbocycles. The minimum absolute atomic E-state index is 0.00621. The number of amides is 1. The van der Waals surface area contributed by atoms with Crippen molar-refractivity contribution in [3.63, 3.8) is 0 Å². The third-order valence-electron chi connectivity index (χ3n) is 4.58. The van der Waals surface area contributed by atoms with Crippen LogP contribution in [0.4, 0.5) is 4.79 Å². The fraction of sp³-hybridized carbons (Fsp3) is 0.389. The Bertz CT molecular complexity index is 900. The van der Waals surface area contributed by atoms with E-state index in [1.165, 1.54) is 9.69 Å². The molecule has 1 fully saturated rings. The van der Waals surface area contributed by atoms with Gasteiger partial charge in [-0.1, -0.05) is 32.1 Å². The molecule has 1 aromatic heterocycles. The highest BCUT2D eigenvalue weighted by Crippen LogP contribution is 2.28. The van der Waals surface area contributed by atoms with Crippen LogP contribution in [0.25, 0.3) is 10.9 Å². The van der Waals surface area contributed by atoms with Crippen LogP contribution in [0, 0.1) is 0 Å². The molecule has 124 valence electrons. The van der Waals surface area contributed by atoms with Crippen LogP contribution < -0.4 is 10.6 Å². The van der Waals surface area contributed by atoms with Gasteiger partial charge in [-0.25, -0.2) is 14.8 Å². The number of benzene rings is 1. The highest BCUT2D eigenvalue weighted by molar-refractivity contribution is 5.84. The highest BCUT2D eigenvalue weighted by Gasteiger charge is 2.44. The first-order valence-corrected chi connectivity index (χ1v) is 8.26. The topological polar surface area (TPSA) is 64.4 Å². The van der Waals surface area contributed by atoms with Crippen molar-refractivity contribution in [1.82, 2.24) is 9.66 Å². The van der Waals surface area contributed by atoms with E-state index in [-0.39, 0.29) is 23.6 Å². The van der Waals surface area contributed by atoms with Crippen LogP contribution in [0.1, 0.15) is 38.4 Å². The lowest BCUT2D eigenvalue weighted by Crippen LogP contribution is -2.51. The zero-order valence-electron chi connectivity index (χ0n) is 13.7. The normalized spacial score (nSPS) is 23.0. The summed E-state index contributed by atoms with van der Waals surface area (Å²) in [4.78, 5) is 30.3. The van der Waals surface area contributed by atoms with Gasteiger partial charge in [-0.3, -0.25) is 4.79 Å². The molecule has 6 heteroatoms. The second-order valence-corrected chi connectivity index (χ2v) is 6.52. The summed E-state index contributed by atoms with van der Waals surface area (Å²) in [7, 11) is 0. The molecule has 0 bridgehead atoms. The molecular formula is C18H19N3O3. The zero-order chi connectivity index (χ0) is 16.8. The zero-order valence-corrected chi connectivity index (χ0v) is 13.7. The summed E-state index contributed by atoms with van der Waals surface area (Å²) in [6, 6.07) is 7.06. The van der Waals surface area contributed by atoms with E-state index in [4.69, 9.17) is 4.74 Å². The van der Waals surface area contributed by atoms with Crippen LogP contribution in [-0.2, 0) is 4.74 Å². The number of hydrogen-bond acceptors (Lipinski definition) is 4. The number of hydrogen-bond donors (Lipinski definition) is 0. The van der Waals surface area contributed by atoms with Crippen LogP contribution in [0.15, 0.2) is 41.2 Å². The maximum absolute atomic E-state index is 13.1. The SMILES string of the molecule is CC(C)c1nc2ccccc2c(=O)n1N1C(=O)O[C@H]2C=CCC[C@H]21. The van der Waals surface area contributed by atoms with Crippen molar-refractivity contribution in [3.8, 4) is 0 Å². The van der Waals surface area contributed by atoms with Crippen molar-refractivity contribution in [1.29, 1.82) is 0 Å². The molecule has 0 N–H and O–H groups in total. The minimum atomic E-state index is -0.488. The third-order valence-corrected chi connectivity index (χ3v) is 4.58. The number of aromatic nitrogens is 2. The Morgan fingerprint density at radius 1 is 1.25 bits per heavy atom. The Hall–Kier alpha value is -2.63. The molecule has 2 aromatic rings. The van der Waals surface area contributed by atoms with E-state index in [1.807, 2.05) is 38.1 Å². The molecule has 0 spiro atoms. The molecule has 1 aliphatic heterocycles. The first kappa shape index (κ1) is 14.9. The number of ether oxygens (including phenoxy) is 1. The van der Waals surface area contributed by atoms with Crippen LogP contribution in [0.2, 0.25) is 0 Å². The number of fused-ring (bicyclic) bond motifs is 2. The summed E-state index contributed by atoms with van der Waals surface area (Å²) >= 11 is 0. The summed E-state index contributed by atoms with van der Waals surface area (Å²) in [5, 5.41) is 1.97. The lowest BCUT2D eigenvalue weighted by atomic mass is 10.00. The molecular weight excluding hydrogens is 306 g/mol. The van der Waals surface area contributed by atoms with E-state index in [0.717, 1.165) is 12.8 Å². The van der Waals surface area contributed by atoms with Crippen LogP contribution in [0.5, 0.6) is 0 Å². The van der Waals surface area contributed by atoms with Gasteiger partial charge in [0.05, 0.1) is 16.9 Å². The van der Waals surface area contributed by atoms with Crippen molar-refractivity contribution in [2.45, 2.75) is 44.8 Å². The van der Waals surface area contributed by atoms with E-state index in [0.29, 0.717) is 16.7 Å². The monoisotopic (exact) mass is 325 g/mol. The standard InChI is InChI=1S/C18H19N3O3/c1-11(2)16-19-13-8-4-3-7-12(13)17(22)21(16)20-14-9-5-6-10-15(14)24-18(20)23/h3-4,6-8,10-11,14-15H,5,9H2,1-2H3/t14-,15+/m1/s1. The first-order valence-electron chi connectivity index (χ1n) is 8.26. The van der Waals surface area contributed by atoms with E-state index < -0.39 is 6.09 Å². The predicted octanol–water partition coefficient (Wildman–Crippen LogP) is 2.70. The summed E-state index contributed by atoms with van der Waals surface area (Å²) < 4.78 is 6.88. The molecule has 2 atom stereocenters. The summed E-state index contributed by atoms with van der Waals surface area (Å²) in [5.41, 5.74) is 0.423. The van der Waals surface area contributed by atoms with Gasteiger partial charge in [0, 0.05) is 5.92 Å². The molecule has 24 heavy (non-hydrogen) atoms. The van der Waals surface area contributed by atoms with Gasteiger partial charge in [0.2, 0.25) is 0 Å². The predicted molar refractivity (Wildman–Crippen MR) is 90.7 cm³/mol. The van der Waals surface area contributed by atoms with Gasteiger partial charge in [0.15, 0.2) is 0 Å². The minimum Gasteiger partial charge on any atom is -0.438 e. The molecule has 1 amide bonds. The number of carbonyl (C=O) groups excluding carboxylic acids is 1. The smallest absolute Gasteiger partial charge is 0.430 e. The second kappa shape index (κ2) is 5.47. The quantitative estimate of drug-likeness (QED) is 0.796. The van der Waals surface area contributed by atoms with Gasteiger partial charge < -0.3 is 4.74 Å². The Labute approximate surface area is 139 Å². The fourth-order valence-electron chi connectivity index (χ4n) is 3.43. The van der Waals surface area contributed by atoms with Crippen molar-refractivity contribution in [2.24, 2.45) is 0 Å². The molecule has 1 saturated heterocycles. The molecule has 1 aromatic carbocycles. The highest BCUT2D eigenvalue weighted by atomic mass is 16.6. The van der Waals surface area contributed by atoms with Crippen molar-refractivity contribution < 1.29 is 9.53 Å². The number of carbonyl (C=O) groups is 1. The van der Waals surface area contributed by atoms with E-state index in [1.54, 1.807) is 12.1 Å². The molecule has 2 heterocycles. The largest absolute Gasteiger partial charge is 0.438 e. The maximum Gasteiger partial charge on any atom is 0.430 e. The number of para-hydroxylation sites is 1. The Kier molecular flexibility index (Phi) is 3.40. The van der Waals surface area contributed by atoms with Gasteiger partial charge >= 0.3 is 6.09 Å². The third kappa shape index (κ3) is 2.13. The van der Waals surface area contributed by atoms with Gasteiger partial charge in [-0.15, -0.1) is 0 Å². The summed E-state index contributed by atoms with van der Waals surface area (Å²) in [6.45, 7) is 3.93. The fourth-order valence-corrected chi connectivity index (χ4v) is 3.43. The Morgan fingerprint density at radius 3 is 2.83 bits per heavy atom. The molecule has 0 unspecified atom stereocenters. The molecule has 2 aliphatic rings. The van der Waals surface area contributed by atoms with E-state index >= 15 is 0 Å². The van der Waals surface area contributed by atoms with Crippen molar-refractivity contribution >= 4 is 17.0 Å². The lowest BCUT2D eigenvalue weighted by molar-refractivity contribution is 0.151. The Morgan fingerprint density at radius 2 is 2.04 bits per heavy atom. The second-order valence-electron chi connectivity index (χ2n) is 6.52. The number of allylic oxidation sites excluding steroid dienone is 1. The average molecular weight is 325 g/mol. The maximum atomic E-state index is 13.1. The van der Waals surface area contributed by atoms with Gasteiger partial charge in [0.25, 0.3) is 5.56 Å². The summed E-state index contributed by atoms with van der Waals surface area (Å²) in [5.74, 6) is 0.569. The summed E-state index contributed by atoms with van der Waals surface area (Å²) in [6.07, 6.45) is 4.76. The van der Waals surface area contributed by atoms with Crippen LogP contribution in [-0.4, -0.2) is 27.9 Å². The molecule has 6 nitrogen and oxygen atoms in total. The van der Waals surface area contributed by atoms with Gasteiger partial charge in [-0.05, 0) is 31.1 Å². The van der Waals surface area contributed by atoms with E-state index in [9.17, 15) is 9.59 Å².